The van der Waals surface area contributed by atoms with Gasteiger partial charge in [-0.3, -0.25) is 0 Å². The summed E-state index contributed by atoms with van der Waals surface area (Å²) in [4.78, 5) is 4.60. The molecule has 0 unspecified atom stereocenters. The Labute approximate surface area is 116 Å². The number of hydrogen-bond donors (Lipinski definition) is 0. The van der Waals surface area contributed by atoms with Crippen LogP contribution in [-0.2, 0) is 11.2 Å². The molecule has 1 aromatic rings. The highest BCUT2D eigenvalue weighted by Gasteiger charge is 2.26. The van der Waals surface area contributed by atoms with E-state index in [2.05, 4.69) is 50.0 Å². The smallest absolute Gasteiger partial charge is 0.216 e. The maximum Gasteiger partial charge on any atom is 0.216 e. The molecule has 0 spiro atoms. The normalized spacial score (nSPS) is 17.1. The van der Waals surface area contributed by atoms with Crippen molar-refractivity contribution >= 4 is 5.90 Å². The first kappa shape index (κ1) is 14.1. The van der Waals surface area contributed by atoms with E-state index in [-0.39, 0.29) is 5.54 Å². The molecular formula is C17H25NO. The molecule has 0 bridgehead atoms. The van der Waals surface area contributed by atoms with Crippen LogP contribution in [-0.4, -0.2) is 18.0 Å². The second-order valence-corrected chi connectivity index (χ2v) is 6.03. The van der Waals surface area contributed by atoms with Crippen LogP contribution in [0.15, 0.2) is 29.3 Å². The average molecular weight is 259 g/mol. The molecule has 0 radical (unpaired) electrons. The summed E-state index contributed by atoms with van der Waals surface area (Å²) >= 11 is 0. The van der Waals surface area contributed by atoms with Crippen LogP contribution in [0.2, 0.25) is 0 Å². The maximum absolute atomic E-state index is 5.66. The number of aliphatic imine (C=N–C) groups is 1. The quantitative estimate of drug-likeness (QED) is 0.695. The summed E-state index contributed by atoms with van der Waals surface area (Å²) in [7, 11) is 0. The molecule has 1 heterocycles. The molecule has 1 aliphatic rings. The minimum Gasteiger partial charge on any atom is -0.475 e. The fourth-order valence-corrected chi connectivity index (χ4v) is 2.30. The molecule has 0 fully saturated rings. The Morgan fingerprint density at radius 2 is 1.84 bits per heavy atom. The highest BCUT2D eigenvalue weighted by molar-refractivity contribution is 5.95. The van der Waals surface area contributed by atoms with Crippen LogP contribution in [0.5, 0.6) is 0 Å². The van der Waals surface area contributed by atoms with Crippen molar-refractivity contribution in [1.82, 2.24) is 0 Å². The Morgan fingerprint density at radius 3 is 2.42 bits per heavy atom. The van der Waals surface area contributed by atoms with Crippen molar-refractivity contribution in [2.45, 2.75) is 58.4 Å². The number of unbranched alkanes of at least 4 members (excludes halogenated alkanes) is 3. The lowest BCUT2D eigenvalue weighted by Gasteiger charge is -2.07. The summed E-state index contributed by atoms with van der Waals surface area (Å²) in [6.07, 6.45) is 6.45. The first-order valence-corrected chi connectivity index (χ1v) is 7.43. The van der Waals surface area contributed by atoms with Gasteiger partial charge in [-0.2, -0.15) is 0 Å². The molecule has 0 aliphatic carbocycles. The van der Waals surface area contributed by atoms with Crippen molar-refractivity contribution in [2.24, 2.45) is 4.99 Å². The van der Waals surface area contributed by atoms with Gasteiger partial charge in [-0.05, 0) is 44.4 Å². The average Bonchev–Trinajstić information content (AvgIpc) is 2.76. The van der Waals surface area contributed by atoms with Crippen LogP contribution in [0.25, 0.3) is 0 Å². The zero-order valence-corrected chi connectivity index (χ0v) is 12.4. The van der Waals surface area contributed by atoms with Crippen LogP contribution in [0, 0.1) is 0 Å². The van der Waals surface area contributed by atoms with E-state index < -0.39 is 0 Å². The SMILES string of the molecule is CCCCCCc1ccc(C2=NC(C)(C)CO2)cc1. The lowest BCUT2D eigenvalue weighted by atomic mass is 10.0. The van der Waals surface area contributed by atoms with Gasteiger partial charge in [-0.15, -0.1) is 0 Å². The van der Waals surface area contributed by atoms with Gasteiger partial charge in [0.05, 0.1) is 5.54 Å². The van der Waals surface area contributed by atoms with Crippen LogP contribution in [0.4, 0.5) is 0 Å². The largest absolute Gasteiger partial charge is 0.475 e. The predicted octanol–water partition coefficient (Wildman–Crippen LogP) is 4.36. The van der Waals surface area contributed by atoms with Crippen molar-refractivity contribution in [3.05, 3.63) is 35.4 Å². The number of aryl methyl sites for hydroxylation is 1. The first-order valence-electron chi connectivity index (χ1n) is 7.43. The van der Waals surface area contributed by atoms with Gasteiger partial charge in [0.2, 0.25) is 5.90 Å². The van der Waals surface area contributed by atoms with Crippen molar-refractivity contribution in [3.63, 3.8) is 0 Å². The van der Waals surface area contributed by atoms with E-state index in [1.54, 1.807) is 0 Å². The van der Waals surface area contributed by atoms with E-state index in [1.165, 1.54) is 37.7 Å². The third-order valence-corrected chi connectivity index (χ3v) is 3.49. The van der Waals surface area contributed by atoms with E-state index in [4.69, 9.17) is 4.74 Å². The summed E-state index contributed by atoms with van der Waals surface area (Å²) < 4.78 is 5.66. The fourth-order valence-electron chi connectivity index (χ4n) is 2.30. The summed E-state index contributed by atoms with van der Waals surface area (Å²) in [6, 6.07) is 8.68. The number of rotatable bonds is 6. The van der Waals surface area contributed by atoms with E-state index in [1.807, 2.05) is 0 Å². The molecule has 0 atom stereocenters. The van der Waals surface area contributed by atoms with Crippen molar-refractivity contribution in [1.29, 1.82) is 0 Å². The number of ether oxygens (including phenoxy) is 1. The van der Waals surface area contributed by atoms with Gasteiger partial charge in [0.1, 0.15) is 6.61 Å². The third-order valence-electron chi connectivity index (χ3n) is 3.49. The van der Waals surface area contributed by atoms with Crippen molar-refractivity contribution in [3.8, 4) is 0 Å². The third kappa shape index (κ3) is 4.09. The summed E-state index contributed by atoms with van der Waals surface area (Å²) in [5.74, 6) is 0.794. The predicted molar refractivity (Wildman–Crippen MR) is 80.9 cm³/mol. The van der Waals surface area contributed by atoms with Crippen LogP contribution in [0.1, 0.15) is 57.6 Å². The highest BCUT2D eigenvalue weighted by Crippen LogP contribution is 2.21. The lowest BCUT2D eigenvalue weighted by molar-refractivity contribution is 0.279. The Morgan fingerprint density at radius 1 is 1.11 bits per heavy atom. The molecule has 1 aliphatic heterocycles. The second kappa shape index (κ2) is 6.23. The Hall–Kier alpha value is -1.31. The number of benzene rings is 1. The molecule has 2 nitrogen and oxygen atoms in total. The summed E-state index contributed by atoms with van der Waals surface area (Å²) in [6.45, 7) is 7.13. The van der Waals surface area contributed by atoms with Gasteiger partial charge in [-0.1, -0.05) is 38.3 Å². The molecule has 0 aromatic heterocycles. The number of hydrogen-bond acceptors (Lipinski definition) is 2. The van der Waals surface area contributed by atoms with Gasteiger partial charge < -0.3 is 4.74 Å². The molecule has 2 rings (SSSR count). The van der Waals surface area contributed by atoms with E-state index >= 15 is 0 Å². The van der Waals surface area contributed by atoms with Crippen LogP contribution in [0.3, 0.4) is 0 Å². The molecule has 0 saturated carbocycles. The molecule has 0 N–H and O–H groups in total. The standard InChI is InChI=1S/C17H25NO/c1-4-5-6-7-8-14-9-11-15(12-10-14)16-18-17(2,3)13-19-16/h9-12H,4-8,13H2,1-3H3. The molecule has 19 heavy (non-hydrogen) atoms. The molecule has 104 valence electrons. The topological polar surface area (TPSA) is 21.6 Å². The zero-order chi connectivity index (χ0) is 13.7. The van der Waals surface area contributed by atoms with Gasteiger partial charge in [0.15, 0.2) is 0 Å². The Bertz CT molecular complexity index is 431. The van der Waals surface area contributed by atoms with Crippen molar-refractivity contribution < 1.29 is 4.74 Å². The van der Waals surface area contributed by atoms with E-state index in [0.29, 0.717) is 6.61 Å². The maximum atomic E-state index is 5.66. The van der Waals surface area contributed by atoms with Crippen molar-refractivity contribution in [2.75, 3.05) is 6.61 Å². The number of nitrogens with zero attached hydrogens (tertiary/aromatic N) is 1. The lowest BCUT2D eigenvalue weighted by Crippen LogP contribution is -2.17. The van der Waals surface area contributed by atoms with Gasteiger partial charge in [0.25, 0.3) is 0 Å². The molecule has 2 heteroatoms. The van der Waals surface area contributed by atoms with Gasteiger partial charge >= 0.3 is 0 Å². The second-order valence-electron chi connectivity index (χ2n) is 6.03. The van der Waals surface area contributed by atoms with E-state index in [0.717, 1.165) is 11.5 Å². The van der Waals surface area contributed by atoms with Gasteiger partial charge in [-0.25, -0.2) is 4.99 Å². The van der Waals surface area contributed by atoms with Crippen LogP contribution < -0.4 is 0 Å². The summed E-state index contributed by atoms with van der Waals surface area (Å²) in [5.41, 5.74) is 2.44. The molecular weight excluding hydrogens is 234 g/mol. The summed E-state index contributed by atoms with van der Waals surface area (Å²) in [5, 5.41) is 0. The Balaban J connectivity index is 1.92. The minimum atomic E-state index is -0.0752. The first-order chi connectivity index (χ1) is 9.11. The zero-order valence-electron chi connectivity index (χ0n) is 12.4. The van der Waals surface area contributed by atoms with Gasteiger partial charge in [0, 0.05) is 5.56 Å². The molecule has 0 amide bonds. The Kier molecular flexibility index (Phi) is 4.62. The van der Waals surface area contributed by atoms with Crippen LogP contribution >= 0.6 is 0 Å². The fraction of sp³-hybridized carbons (Fsp3) is 0.588. The van der Waals surface area contributed by atoms with E-state index in [9.17, 15) is 0 Å². The molecule has 1 aromatic carbocycles. The monoisotopic (exact) mass is 259 g/mol. The highest BCUT2D eigenvalue weighted by atomic mass is 16.5. The molecule has 0 saturated heterocycles. The minimum absolute atomic E-state index is 0.0752.